The Kier molecular flexibility index (Phi) is 10.2. The Balaban J connectivity index is 1.52. The molecule has 3 amide bonds. The second kappa shape index (κ2) is 13.8. The van der Waals surface area contributed by atoms with Crippen LogP contribution in [0.3, 0.4) is 0 Å². The maximum absolute atomic E-state index is 13.6. The first-order valence-corrected chi connectivity index (χ1v) is 14.0. The van der Waals surface area contributed by atoms with Crippen LogP contribution in [-0.2, 0) is 33.5 Å². The number of nitrogens with two attached hydrogens (primary N) is 1. The molecule has 0 saturated heterocycles. The Labute approximate surface area is 251 Å². The minimum Gasteiger partial charge on any atom is -0.342 e. The molecule has 4 N–H and O–H groups in total. The Morgan fingerprint density at radius 1 is 0.953 bits per heavy atom. The van der Waals surface area contributed by atoms with Crippen LogP contribution in [0, 0.1) is 0 Å². The van der Waals surface area contributed by atoms with Crippen LogP contribution in [0.2, 0.25) is 5.02 Å². The van der Waals surface area contributed by atoms with Crippen LogP contribution in [0.5, 0.6) is 0 Å². The molecule has 3 aromatic carbocycles. The van der Waals surface area contributed by atoms with E-state index in [0.29, 0.717) is 11.6 Å². The van der Waals surface area contributed by atoms with E-state index in [0.717, 1.165) is 17.2 Å². The number of fused-ring (bicyclic) bond motifs is 1. The number of hydrogen-bond acceptors (Lipinski definition) is 5. The highest BCUT2D eigenvalue weighted by Crippen LogP contribution is 2.36. The Morgan fingerprint density at radius 3 is 2.30 bits per heavy atom. The summed E-state index contributed by atoms with van der Waals surface area (Å²) in [5.41, 5.74) is 6.15. The van der Waals surface area contributed by atoms with E-state index in [9.17, 15) is 32.3 Å². The van der Waals surface area contributed by atoms with Gasteiger partial charge in [-0.25, -0.2) is 0 Å². The van der Waals surface area contributed by atoms with Gasteiger partial charge >= 0.3 is 6.18 Å². The van der Waals surface area contributed by atoms with Gasteiger partial charge in [-0.1, -0.05) is 66.2 Å². The summed E-state index contributed by atoms with van der Waals surface area (Å²) in [7, 11) is 0. The standard InChI is InChI=1S/C31H30ClF3N4O4/c32-22-10-11-24(23(17-22)31(33,34)35)37-29(42)25(14-15-36)38-30(43)26-16-20-8-4-5-9-21(20)18-39(26)28(41)13-12-27(40)19-6-2-1-3-7-19/h1-11,17,25-26H,12-16,18,36H2,(H,37,42)(H,38,43)/t25-,26-/m0/s1. The minimum absolute atomic E-state index is 0.0527. The average Bonchev–Trinajstić information content (AvgIpc) is 2.99. The predicted molar refractivity (Wildman–Crippen MR) is 155 cm³/mol. The van der Waals surface area contributed by atoms with E-state index in [1.54, 1.807) is 36.4 Å². The Hall–Kier alpha value is -4.22. The number of nitrogens with zero attached hydrogens (tertiary/aromatic N) is 1. The van der Waals surface area contributed by atoms with Crippen molar-refractivity contribution in [1.82, 2.24) is 10.2 Å². The summed E-state index contributed by atoms with van der Waals surface area (Å²) >= 11 is 5.74. The van der Waals surface area contributed by atoms with Gasteiger partial charge in [-0.2, -0.15) is 13.2 Å². The highest BCUT2D eigenvalue weighted by molar-refractivity contribution is 6.30. The average molecular weight is 615 g/mol. The number of carbonyl (C=O) groups is 4. The van der Waals surface area contributed by atoms with Crippen molar-refractivity contribution < 1.29 is 32.3 Å². The van der Waals surface area contributed by atoms with E-state index in [1.165, 1.54) is 11.0 Å². The molecule has 3 aromatic rings. The summed E-state index contributed by atoms with van der Waals surface area (Å²) in [4.78, 5) is 54.1. The molecular formula is C31H30ClF3N4O4. The van der Waals surface area contributed by atoms with Gasteiger partial charge in [0.05, 0.1) is 11.3 Å². The van der Waals surface area contributed by atoms with E-state index in [1.807, 2.05) is 18.2 Å². The third-order valence-corrected chi connectivity index (χ3v) is 7.40. The van der Waals surface area contributed by atoms with Gasteiger partial charge in [-0.3, -0.25) is 19.2 Å². The topological polar surface area (TPSA) is 122 Å². The first kappa shape index (κ1) is 31.7. The molecule has 0 aliphatic carbocycles. The van der Waals surface area contributed by atoms with Crippen LogP contribution in [0.4, 0.5) is 18.9 Å². The van der Waals surface area contributed by atoms with E-state index < -0.39 is 47.2 Å². The highest BCUT2D eigenvalue weighted by Gasteiger charge is 2.37. The molecule has 1 aliphatic rings. The molecule has 0 spiro atoms. The van der Waals surface area contributed by atoms with E-state index in [4.69, 9.17) is 17.3 Å². The zero-order valence-electron chi connectivity index (χ0n) is 23.0. The summed E-state index contributed by atoms with van der Waals surface area (Å²) < 4.78 is 40.7. The van der Waals surface area contributed by atoms with Gasteiger partial charge in [0, 0.05) is 36.4 Å². The number of anilines is 1. The number of Topliss-reactive ketones (excluding diaryl/α,β-unsaturated/α-hetero) is 1. The van der Waals surface area contributed by atoms with E-state index in [-0.39, 0.29) is 49.6 Å². The van der Waals surface area contributed by atoms with Crippen LogP contribution in [0.15, 0.2) is 72.8 Å². The van der Waals surface area contributed by atoms with Gasteiger partial charge in [-0.05, 0) is 42.3 Å². The molecule has 1 heterocycles. The Bertz CT molecular complexity index is 1500. The molecular weight excluding hydrogens is 585 g/mol. The number of carbonyl (C=O) groups excluding carboxylic acids is 4. The van der Waals surface area contributed by atoms with Crippen LogP contribution >= 0.6 is 11.6 Å². The number of alkyl halides is 3. The maximum Gasteiger partial charge on any atom is 0.418 e. The number of hydrogen-bond donors (Lipinski definition) is 3. The van der Waals surface area contributed by atoms with Gasteiger partial charge in [-0.15, -0.1) is 0 Å². The molecule has 0 aromatic heterocycles. The molecule has 8 nitrogen and oxygen atoms in total. The SMILES string of the molecule is NCC[C@H](NC(=O)[C@@H]1Cc2ccccc2CN1C(=O)CCC(=O)c1ccccc1)C(=O)Nc1ccc(Cl)cc1C(F)(F)F. The number of halogens is 4. The number of rotatable bonds is 10. The highest BCUT2D eigenvalue weighted by atomic mass is 35.5. The summed E-state index contributed by atoms with van der Waals surface area (Å²) in [6, 6.07) is 16.4. The normalized spacial score (nSPS) is 15.3. The van der Waals surface area contributed by atoms with Crippen LogP contribution in [0.25, 0.3) is 0 Å². The van der Waals surface area contributed by atoms with Crippen molar-refractivity contribution in [3.05, 3.63) is 100 Å². The minimum atomic E-state index is -4.79. The van der Waals surface area contributed by atoms with Crippen molar-refractivity contribution in [3.63, 3.8) is 0 Å². The lowest BCUT2D eigenvalue weighted by Gasteiger charge is -2.36. The number of ketones is 1. The molecule has 0 fully saturated rings. The first-order valence-electron chi connectivity index (χ1n) is 13.6. The smallest absolute Gasteiger partial charge is 0.342 e. The van der Waals surface area contributed by atoms with Crippen LogP contribution < -0.4 is 16.4 Å². The second-order valence-electron chi connectivity index (χ2n) is 10.1. The lowest BCUT2D eigenvalue weighted by atomic mass is 9.92. The largest absolute Gasteiger partial charge is 0.418 e. The molecule has 0 saturated carbocycles. The quantitative estimate of drug-likeness (QED) is 0.285. The molecule has 0 unspecified atom stereocenters. The zero-order chi connectivity index (χ0) is 31.1. The fourth-order valence-electron chi connectivity index (χ4n) is 4.94. The zero-order valence-corrected chi connectivity index (χ0v) is 23.8. The van der Waals surface area contributed by atoms with Crippen molar-refractivity contribution in [1.29, 1.82) is 0 Å². The third kappa shape index (κ3) is 7.99. The molecule has 0 radical (unpaired) electrons. The molecule has 0 bridgehead atoms. The van der Waals surface area contributed by atoms with Gasteiger partial charge in [0.15, 0.2) is 5.78 Å². The number of nitrogens with one attached hydrogen (secondary N) is 2. The summed E-state index contributed by atoms with van der Waals surface area (Å²) in [6.07, 6.45) is -4.92. The third-order valence-electron chi connectivity index (χ3n) is 7.17. The van der Waals surface area contributed by atoms with E-state index in [2.05, 4.69) is 10.6 Å². The predicted octanol–water partition coefficient (Wildman–Crippen LogP) is 4.75. The molecule has 43 heavy (non-hydrogen) atoms. The fraction of sp³-hybridized carbons (Fsp3) is 0.290. The van der Waals surface area contributed by atoms with Gasteiger partial charge in [0.1, 0.15) is 12.1 Å². The summed E-state index contributed by atoms with van der Waals surface area (Å²) in [5, 5.41) is 4.65. The first-order chi connectivity index (χ1) is 20.5. The summed E-state index contributed by atoms with van der Waals surface area (Å²) in [6.45, 7) is 0.0585. The lowest BCUT2D eigenvalue weighted by Crippen LogP contribution is -2.56. The lowest BCUT2D eigenvalue weighted by molar-refractivity contribution is -0.142. The van der Waals surface area contributed by atoms with Gasteiger partial charge in [0.2, 0.25) is 17.7 Å². The van der Waals surface area contributed by atoms with Crippen molar-refractivity contribution >= 4 is 40.8 Å². The molecule has 226 valence electrons. The van der Waals surface area contributed by atoms with Gasteiger partial charge in [0.25, 0.3) is 0 Å². The van der Waals surface area contributed by atoms with E-state index >= 15 is 0 Å². The molecule has 4 rings (SSSR count). The molecule has 12 heteroatoms. The van der Waals surface area contributed by atoms with Crippen molar-refractivity contribution in [2.75, 3.05) is 11.9 Å². The number of benzene rings is 3. The van der Waals surface area contributed by atoms with Crippen LogP contribution in [0.1, 0.15) is 46.3 Å². The van der Waals surface area contributed by atoms with Gasteiger partial charge < -0.3 is 21.3 Å². The van der Waals surface area contributed by atoms with Crippen molar-refractivity contribution in [3.8, 4) is 0 Å². The molecule has 2 atom stereocenters. The number of amides is 3. The second-order valence-corrected chi connectivity index (χ2v) is 10.6. The van der Waals surface area contributed by atoms with Crippen molar-refractivity contribution in [2.45, 2.75) is 50.5 Å². The fourth-order valence-corrected chi connectivity index (χ4v) is 5.11. The maximum atomic E-state index is 13.6. The van der Waals surface area contributed by atoms with Crippen LogP contribution in [-0.4, -0.2) is 47.0 Å². The molecule has 1 aliphatic heterocycles. The van der Waals surface area contributed by atoms with Crippen molar-refractivity contribution in [2.24, 2.45) is 5.73 Å². The summed E-state index contributed by atoms with van der Waals surface area (Å²) in [5.74, 6) is -2.21. The Morgan fingerprint density at radius 2 is 1.63 bits per heavy atom. The monoisotopic (exact) mass is 614 g/mol.